The molecule has 12 heteroatoms. The van der Waals surface area contributed by atoms with Gasteiger partial charge in [-0.05, 0) is 35.9 Å². The van der Waals surface area contributed by atoms with E-state index in [1.54, 1.807) is 18.2 Å². The zero-order valence-corrected chi connectivity index (χ0v) is 18.2. The second-order valence-electron chi connectivity index (χ2n) is 6.77. The molecule has 3 rings (SSSR count). The Morgan fingerprint density at radius 3 is 2.17 bits per heavy atom. The molecule has 1 N–H and O–H groups in total. The number of nitrogens with zero attached hydrogens (tertiary/aromatic N) is 4. The van der Waals surface area contributed by atoms with Gasteiger partial charge in [-0.2, -0.15) is 10.5 Å². The Hall–Kier alpha value is -5.26. The first-order valence-electron chi connectivity index (χ1n) is 9.55. The molecule has 172 valence electrons. The van der Waals surface area contributed by atoms with Gasteiger partial charge in [0, 0.05) is 24.3 Å². The van der Waals surface area contributed by atoms with Crippen molar-refractivity contribution in [3.63, 3.8) is 0 Å². The number of ether oxygens (including phenoxy) is 1. The van der Waals surface area contributed by atoms with Crippen molar-refractivity contribution in [3.05, 3.63) is 103 Å². The number of nitriles is 2. The predicted molar refractivity (Wildman–Crippen MR) is 125 cm³/mol. The zero-order valence-electron chi connectivity index (χ0n) is 17.5. The van der Waals surface area contributed by atoms with Gasteiger partial charge in [-0.1, -0.05) is 23.7 Å². The lowest BCUT2D eigenvalue weighted by Crippen LogP contribution is -2.13. The van der Waals surface area contributed by atoms with E-state index in [1.807, 2.05) is 6.07 Å². The van der Waals surface area contributed by atoms with Crippen molar-refractivity contribution in [1.29, 1.82) is 10.5 Å². The van der Waals surface area contributed by atoms with E-state index in [1.165, 1.54) is 42.5 Å². The van der Waals surface area contributed by atoms with E-state index in [-0.39, 0.29) is 39.0 Å². The maximum atomic E-state index is 12.5. The fraction of sp³-hybridized carbons (Fsp3) is 0. The second-order valence-corrected chi connectivity index (χ2v) is 7.17. The van der Waals surface area contributed by atoms with Crippen LogP contribution in [0.2, 0.25) is 5.02 Å². The largest absolute Gasteiger partial charge is 0.456 e. The highest BCUT2D eigenvalue weighted by atomic mass is 35.5. The summed E-state index contributed by atoms with van der Waals surface area (Å²) < 4.78 is 5.61. The summed E-state index contributed by atoms with van der Waals surface area (Å²) in [6, 6.07) is 16.9. The van der Waals surface area contributed by atoms with E-state index >= 15 is 0 Å². The first-order chi connectivity index (χ1) is 16.7. The van der Waals surface area contributed by atoms with Gasteiger partial charge in [-0.3, -0.25) is 25.0 Å². The molecule has 3 aromatic rings. The van der Waals surface area contributed by atoms with Crippen LogP contribution in [-0.2, 0) is 4.79 Å². The number of hydrogen-bond donors (Lipinski definition) is 1. The van der Waals surface area contributed by atoms with Crippen molar-refractivity contribution < 1.29 is 19.4 Å². The summed E-state index contributed by atoms with van der Waals surface area (Å²) >= 11 is 5.97. The Bertz CT molecular complexity index is 1450. The summed E-state index contributed by atoms with van der Waals surface area (Å²) in [6.45, 7) is 0. The quantitative estimate of drug-likeness (QED) is 0.199. The highest BCUT2D eigenvalue weighted by molar-refractivity contribution is 6.34. The Kier molecular flexibility index (Phi) is 7.36. The van der Waals surface area contributed by atoms with Crippen LogP contribution in [0.1, 0.15) is 11.1 Å². The van der Waals surface area contributed by atoms with Crippen LogP contribution in [0.4, 0.5) is 17.1 Å². The molecule has 0 aliphatic heterocycles. The van der Waals surface area contributed by atoms with Crippen molar-refractivity contribution in [2.24, 2.45) is 0 Å². The molecule has 0 fully saturated rings. The summed E-state index contributed by atoms with van der Waals surface area (Å²) in [7, 11) is 0. The van der Waals surface area contributed by atoms with E-state index in [4.69, 9.17) is 16.3 Å². The predicted octanol–water partition coefficient (Wildman–Crippen LogP) is 5.37. The van der Waals surface area contributed by atoms with Gasteiger partial charge in [0.15, 0.2) is 0 Å². The van der Waals surface area contributed by atoms with Crippen LogP contribution in [-0.4, -0.2) is 15.8 Å². The molecular formula is C23H12ClN5O6. The molecule has 1 amide bonds. The van der Waals surface area contributed by atoms with E-state index in [0.29, 0.717) is 11.3 Å². The van der Waals surface area contributed by atoms with Crippen molar-refractivity contribution in [1.82, 2.24) is 0 Å². The van der Waals surface area contributed by atoms with E-state index < -0.39 is 15.8 Å². The number of carbonyl (C=O) groups excluding carboxylic acids is 1. The minimum Gasteiger partial charge on any atom is -0.456 e. The molecule has 0 aromatic heterocycles. The van der Waals surface area contributed by atoms with Gasteiger partial charge in [0.25, 0.3) is 17.3 Å². The molecule has 0 spiro atoms. The standard InChI is InChI=1S/C23H12ClN5O6/c24-20-11-18(29(33)34)3-7-21(20)27-23(30)16(13-26)9-14-1-5-19(6-2-14)35-22-8-4-17(28(31)32)10-15(22)12-25/h1-11H,(H,27,30). The van der Waals surface area contributed by atoms with Gasteiger partial charge >= 0.3 is 0 Å². The maximum absolute atomic E-state index is 12.5. The fourth-order valence-corrected chi connectivity index (χ4v) is 3.01. The lowest BCUT2D eigenvalue weighted by atomic mass is 10.1. The molecule has 0 saturated carbocycles. The monoisotopic (exact) mass is 489 g/mol. The first kappa shape index (κ1) is 24.4. The van der Waals surface area contributed by atoms with E-state index in [0.717, 1.165) is 12.1 Å². The molecule has 3 aromatic carbocycles. The maximum Gasteiger partial charge on any atom is 0.271 e. The van der Waals surface area contributed by atoms with Crippen molar-refractivity contribution in [3.8, 4) is 23.6 Å². The van der Waals surface area contributed by atoms with Crippen LogP contribution in [0.3, 0.4) is 0 Å². The average Bonchev–Trinajstić information content (AvgIpc) is 2.84. The second kappa shape index (κ2) is 10.6. The summed E-state index contributed by atoms with van der Waals surface area (Å²) in [5.41, 5.74) is -0.188. The topological polar surface area (TPSA) is 172 Å². The molecule has 0 unspecified atom stereocenters. The molecule has 0 bridgehead atoms. The average molecular weight is 490 g/mol. The highest BCUT2D eigenvalue weighted by Gasteiger charge is 2.15. The lowest BCUT2D eigenvalue weighted by molar-refractivity contribution is -0.385. The third-order valence-electron chi connectivity index (χ3n) is 4.49. The number of non-ortho nitro benzene ring substituents is 2. The Morgan fingerprint density at radius 2 is 1.60 bits per heavy atom. The Labute approximate surface area is 202 Å². The summed E-state index contributed by atoms with van der Waals surface area (Å²) in [6.07, 6.45) is 1.31. The van der Waals surface area contributed by atoms with Crippen LogP contribution in [0, 0.1) is 42.9 Å². The number of nitro groups is 2. The van der Waals surface area contributed by atoms with Crippen molar-refractivity contribution in [2.45, 2.75) is 0 Å². The number of hydrogen-bond acceptors (Lipinski definition) is 8. The number of carbonyl (C=O) groups is 1. The SMILES string of the molecule is N#CC(=Cc1ccc(Oc2ccc([N+](=O)[O-])cc2C#N)cc1)C(=O)Nc1ccc([N+](=O)[O-])cc1Cl. The molecule has 0 aliphatic carbocycles. The minimum absolute atomic E-state index is 0.0171. The molecule has 0 radical (unpaired) electrons. The molecule has 0 atom stereocenters. The number of anilines is 1. The normalized spacial score (nSPS) is 10.5. The number of amides is 1. The van der Waals surface area contributed by atoms with Gasteiger partial charge < -0.3 is 10.1 Å². The number of benzene rings is 3. The summed E-state index contributed by atoms with van der Waals surface area (Å²) in [5.74, 6) is -0.334. The highest BCUT2D eigenvalue weighted by Crippen LogP contribution is 2.29. The third-order valence-corrected chi connectivity index (χ3v) is 4.80. The van der Waals surface area contributed by atoms with E-state index in [2.05, 4.69) is 5.32 Å². The summed E-state index contributed by atoms with van der Waals surface area (Å²) in [4.78, 5) is 32.9. The van der Waals surface area contributed by atoms with Gasteiger partial charge in [-0.15, -0.1) is 0 Å². The van der Waals surface area contributed by atoms with Crippen molar-refractivity contribution in [2.75, 3.05) is 5.32 Å². The van der Waals surface area contributed by atoms with Gasteiger partial charge in [-0.25, -0.2) is 0 Å². The molecule has 0 saturated heterocycles. The smallest absolute Gasteiger partial charge is 0.271 e. The number of nitro benzene ring substituents is 2. The zero-order chi connectivity index (χ0) is 25.5. The molecule has 0 aliphatic rings. The van der Waals surface area contributed by atoms with Crippen LogP contribution < -0.4 is 10.1 Å². The van der Waals surface area contributed by atoms with Crippen LogP contribution in [0.25, 0.3) is 6.08 Å². The Balaban J connectivity index is 1.75. The molecule has 11 nitrogen and oxygen atoms in total. The van der Waals surface area contributed by atoms with Gasteiger partial charge in [0.1, 0.15) is 34.8 Å². The fourth-order valence-electron chi connectivity index (χ4n) is 2.79. The lowest BCUT2D eigenvalue weighted by Gasteiger charge is -2.08. The van der Waals surface area contributed by atoms with Crippen LogP contribution >= 0.6 is 11.6 Å². The van der Waals surface area contributed by atoms with Crippen LogP contribution in [0.15, 0.2) is 66.2 Å². The van der Waals surface area contributed by atoms with Gasteiger partial charge in [0.2, 0.25) is 0 Å². The summed E-state index contributed by atoms with van der Waals surface area (Å²) in [5, 5.41) is 42.6. The van der Waals surface area contributed by atoms with E-state index in [9.17, 15) is 35.5 Å². The minimum atomic E-state index is -0.770. The first-order valence-corrected chi connectivity index (χ1v) is 9.93. The number of rotatable bonds is 7. The third kappa shape index (κ3) is 5.96. The number of nitrogens with one attached hydrogen (secondary N) is 1. The van der Waals surface area contributed by atoms with Gasteiger partial charge in [0.05, 0.1) is 20.6 Å². The molecule has 35 heavy (non-hydrogen) atoms. The molecule has 0 heterocycles. The Morgan fingerprint density at radius 1 is 0.971 bits per heavy atom. The number of halogens is 1. The van der Waals surface area contributed by atoms with Crippen molar-refractivity contribution >= 4 is 40.6 Å². The molecular weight excluding hydrogens is 478 g/mol. The van der Waals surface area contributed by atoms with Crippen LogP contribution in [0.5, 0.6) is 11.5 Å².